The Kier molecular flexibility index (Phi) is 2.66. The second-order valence-electron chi connectivity index (χ2n) is 5.14. The van der Waals surface area contributed by atoms with Gasteiger partial charge in [-0.25, -0.2) is 14.8 Å². The highest BCUT2D eigenvalue weighted by Gasteiger charge is 2.38. The average Bonchev–Trinajstić information content (AvgIpc) is 3.19. The molecular weight excluding hydrogens is 254 g/mol. The number of nitrogens with zero attached hydrogens (tertiary/aromatic N) is 2. The third-order valence-electron chi connectivity index (χ3n) is 3.43. The van der Waals surface area contributed by atoms with Crippen LogP contribution in [0.2, 0.25) is 5.02 Å². The molecule has 6 heteroatoms. The molecule has 0 radical (unpaired) electrons. The number of nitrogens with one attached hydrogen (secondary N) is 1. The summed E-state index contributed by atoms with van der Waals surface area (Å²) in [6.07, 6.45) is 3.18. The summed E-state index contributed by atoms with van der Waals surface area (Å²) in [5.41, 5.74) is -0.0936. The molecule has 2 N–H and O–H groups in total. The molecule has 3 rings (SSSR count). The highest BCUT2D eigenvalue weighted by atomic mass is 35.5. The van der Waals surface area contributed by atoms with E-state index in [0.717, 1.165) is 19.3 Å². The zero-order valence-corrected chi connectivity index (χ0v) is 10.7. The van der Waals surface area contributed by atoms with Crippen LogP contribution < -0.4 is 5.32 Å². The van der Waals surface area contributed by atoms with Gasteiger partial charge in [-0.1, -0.05) is 18.5 Å². The van der Waals surface area contributed by atoms with Crippen LogP contribution in [-0.2, 0) is 0 Å². The highest BCUT2D eigenvalue weighted by molar-refractivity contribution is 6.35. The maximum atomic E-state index is 11.1. The van der Waals surface area contributed by atoms with E-state index in [0.29, 0.717) is 23.6 Å². The predicted octanol–water partition coefficient (Wildman–Crippen LogP) is 2.53. The summed E-state index contributed by atoms with van der Waals surface area (Å²) in [6, 6.07) is 0.378. The zero-order chi connectivity index (χ0) is 12.9. The second kappa shape index (κ2) is 4.09. The topological polar surface area (TPSA) is 75.1 Å². The average molecular weight is 268 g/mol. The Hall–Kier alpha value is -1.36. The van der Waals surface area contributed by atoms with Crippen LogP contribution in [0.25, 0.3) is 0 Å². The van der Waals surface area contributed by atoms with Gasteiger partial charge >= 0.3 is 5.97 Å². The number of aromatic carboxylic acids is 1. The quantitative estimate of drug-likeness (QED) is 0.877. The van der Waals surface area contributed by atoms with E-state index >= 15 is 0 Å². The number of rotatable bonds is 4. The summed E-state index contributed by atoms with van der Waals surface area (Å²) < 4.78 is 0. The van der Waals surface area contributed by atoms with Crippen molar-refractivity contribution in [1.29, 1.82) is 0 Å². The van der Waals surface area contributed by atoms with Gasteiger partial charge in [0.1, 0.15) is 16.7 Å². The molecule has 1 aromatic heterocycles. The molecule has 5 nitrogen and oxygen atoms in total. The summed E-state index contributed by atoms with van der Waals surface area (Å²) in [7, 11) is 0. The van der Waals surface area contributed by atoms with Crippen LogP contribution >= 0.6 is 11.6 Å². The van der Waals surface area contributed by atoms with Crippen molar-refractivity contribution in [3.63, 3.8) is 0 Å². The minimum absolute atomic E-state index is 0.0936. The van der Waals surface area contributed by atoms with Gasteiger partial charge in [-0.3, -0.25) is 0 Å². The molecule has 1 aromatic rings. The van der Waals surface area contributed by atoms with E-state index in [4.69, 9.17) is 16.7 Å². The van der Waals surface area contributed by atoms with Gasteiger partial charge in [-0.05, 0) is 25.2 Å². The SMILES string of the molecule is CC1CC1c1nc(NC2CC2)c(Cl)c(C(=O)O)n1. The van der Waals surface area contributed by atoms with Gasteiger partial charge in [0.2, 0.25) is 0 Å². The van der Waals surface area contributed by atoms with Crippen LogP contribution in [0, 0.1) is 5.92 Å². The normalized spacial score (nSPS) is 25.9. The second-order valence-corrected chi connectivity index (χ2v) is 5.51. The van der Waals surface area contributed by atoms with Crippen molar-refractivity contribution in [3.8, 4) is 0 Å². The van der Waals surface area contributed by atoms with Gasteiger partial charge in [0.25, 0.3) is 0 Å². The summed E-state index contributed by atoms with van der Waals surface area (Å²) in [4.78, 5) is 19.6. The van der Waals surface area contributed by atoms with Crippen molar-refractivity contribution in [1.82, 2.24) is 9.97 Å². The van der Waals surface area contributed by atoms with Crippen molar-refractivity contribution in [3.05, 3.63) is 16.5 Å². The number of carboxylic acids is 1. The Morgan fingerprint density at radius 1 is 1.44 bits per heavy atom. The Balaban J connectivity index is 1.99. The smallest absolute Gasteiger partial charge is 0.356 e. The molecule has 2 fully saturated rings. The first kappa shape index (κ1) is 11.7. The molecule has 0 aromatic carbocycles. The summed E-state index contributed by atoms with van der Waals surface area (Å²) in [6.45, 7) is 2.11. The summed E-state index contributed by atoms with van der Waals surface area (Å²) >= 11 is 6.04. The number of anilines is 1. The van der Waals surface area contributed by atoms with Crippen LogP contribution in [0.3, 0.4) is 0 Å². The van der Waals surface area contributed by atoms with Gasteiger partial charge in [0, 0.05) is 12.0 Å². The monoisotopic (exact) mass is 267 g/mol. The minimum Gasteiger partial charge on any atom is -0.476 e. The number of carbonyl (C=O) groups is 1. The van der Waals surface area contributed by atoms with Crippen LogP contribution in [0.1, 0.15) is 48.4 Å². The number of hydrogen-bond acceptors (Lipinski definition) is 4. The Morgan fingerprint density at radius 3 is 2.61 bits per heavy atom. The number of carboxylic acid groups (broad SMARTS) is 1. The van der Waals surface area contributed by atoms with Gasteiger partial charge in [0.15, 0.2) is 5.69 Å². The molecule has 0 bridgehead atoms. The molecule has 96 valence electrons. The lowest BCUT2D eigenvalue weighted by Gasteiger charge is -2.10. The molecule has 2 unspecified atom stereocenters. The lowest BCUT2D eigenvalue weighted by atomic mass is 10.3. The van der Waals surface area contributed by atoms with E-state index in [9.17, 15) is 4.79 Å². The lowest BCUT2D eigenvalue weighted by Crippen LogP contribution is -2.12. The molecule has 2 saturated carbocycles. The zero-order valence-electron chi connectivity index (χ0n) is 9.98. The molecule has 1 heterocycles. The molecule has 0 amide bonds. The highest BCUT2D eigenvalue weighted by Crippen LogP contribution is 2.46. The van der Waals surface area contributed by atoms with Crippen LogP contribution in [0.4, 0.5) is 5.82 Å². The van der Waals surface area contributed by atoms with Crippen molar-refractivity contribution < 1.29 is 9.90 Å². The molecule has 2 aliphatic carbocycles. The largest absolute Gasteiger partial charge is 0.476 e. The Labute approximate surface area is 110 Å². The minimum atomic E-state index is -1.10. The van der Waals surface area contributed by atoms with Crippen molar-refractivity contribution >= 4 is 23.4 Å². The third kappa shape index (κ3) is 2.14. The molecule has 0 spiro atoms. The van der Waals surface area contributed by atoms with Crippen LogP contribution in [0.5, 0.6) is 0 Å². The Morgan fingerprint density at radius 2 is 2.11 bits per heavy atom. The van der Waals surface area contributed by atoms with E-state index in [1.807, 2.05) is 0 Å². The van der Waals surface area contributed by atoms with E-state index < -0.39 is 5.97 Å². The number of halogens is 1. The molecule has 2 aliphatic rings. The third-order valence-corrected chi connectivity index (χ3v) is 3.79. The van der Waals surface area contributed by atoms with E-state index in [1.165, 1.54) is 0 Å². The standard InChI is InChI=1S/C12H14ClN3O2/c1-5-4-7(5)10-15-9(12(17)18)8(13)11(16-10)14-6-2-3-6/h5-7H,2-4H2,1H3,(H,17,18)(H,14,15,16). The van der Waals surface area contributed by atoms with Crippen molar-refractivity contribution in [2.45, 2.75) is 38.1 Å². The first-order valence-corrected chi connectivity index (χ1v) is 6.51. The maximum Gasteiger partial charge on any atom is 0.356 e. The van der Waals surface area contributed by atoms with Crippen LogP contribution in [0.15, 0.2) is 0 Å². The Bertz CT molecular complexity index is 516. The number of hydrogen-bond donors (Lipinski definition) is 2. The molecule has 18 heavy (non-hydrogen) atoms. The maximum absolute atomic E-state index is 11.1. The molecule has 2 atom stereocenters. The van der Waals surface area contributed by atoms with Crippen LogP contribution in [-0.4, -0.2) is 27.1 Å². The number of aromatic nitrogens is 2. The summed E-state index contributed by atoms with van der Waals surface area (Å²) in [5, 5.41) is 12.4. The predicted molar refractivity (Wildman–Crippen MR) is 67.2 cm³/mol. The summed E-state index contributed by atoms with van der Waals surface area (Å²) in [5.74, 6) is 0.783. The van der Waals surface area contributed by atoms with Gasteiger partial charge < -0.3 is 10.4 Å². The van der Waals surface area contributed by atoms with E-state index in [1.54, 1.807) is 0 Å². The fraction of sp³-hybridized carbons (Fsp3) is 0.583. The van der Waals surface area contributed by atoms with E-state index in [-0.39, 0.29) is 16.6 Å². The first-order chi connectivity index (χ1) is 8.56. The van der Waals surface area contributed by atoms with Gasteiger partial charge in [0.05, 0.1) is 0 Å². The fourth-order valence-electron chi connectivity index (χ4n) is 1.97. The lowest BCUT2D eigenvalue weighted by molar-refractivity contribution is 0.0690. The molecule has 0 aliphatic heterocycles. The molecular formula is C12H14ClN3O2. The molecule has 0 saturated heterocycles. The first-order valence-electron chi connectivity index (χ1n) is 6.13. The van der Waals surface area contributed by atoms with Crippen molar-refractivity contribution in [2.75, 3.05) is 5.32 Å². The van der Waals surface area contributed by atoms with Gasteiger partial charge in [-0.2, -0.15) is 0 Å². The van der Waals surface area contributed by atoms with E-state index in [2.05, 4.69) is 22.2 Å². The van der Waals surface area contributed by atoms with Crippen molar-refractivity contribution in [2.24, 2.45) is 5.92 Å². The van der Waals surface area contributed by atoms with Gasteiger partial charge in [-0.15, -0.1) is 0 Å². The fourth-order valence-corrected chi connectivity index (χ4v) is 2.19.